The summed E-state index contributed by atoms with van der Waals surface area (Å²) in [6.45, 7) is 4.23. The van der Waals surface area contributed by atoms with E-state index < -0.39 is 6.10 Å². The predicted molar refractivity (Wildman–Crippen MR) is 89.0 cm³/mol. The van der Waals surface area contributed by atoms with Crippen molar-refractivity contribution in [1.29, 1.82) is 0 Å². The van der Waals surface area contributed by atoms with Crippen molar-refractivity contribution < 1.29 is 9.90 Å². The van der Waals surface area contributed by atoms with Crippen molar-refractivity contribution in [3.05, 3.63) is 46.8 Å². The van der Waals surface area contributed by atoms with Crippen LogP contribution in [-0.4, -0.2) is 33.4 Å². The molecule has 1 aromatic carbocycles. The summed E-state index contributed by atoms with van der Waals surface area (Å²) >= 11 is 0. The fraction of sp³-hybridized carbons (Fsp3) is 0.444. The van der Waals surface area contributed by atoms with Crippen LogP contribution in [0.1, 0.15) is 47.1 Å². The van der Waals surface area contributed by atoms with Gasteiger partial charge in [-0.2, -0.15) is 5.10 Å². The molecule has 0 radical (unpaired) electrons. The van der Waals surface area contributed by atoms with Gasteiger partial charge in [0.1, 0.15) is 0 Å². The van der Waals surface area contributed by atoms with Gasteiger partial charge in [-0.05, 0) is 51.7 Å². The summed E-state index contributed by atoms with van der Waals surface area (Å²) in [5.41, 5.74) is 4.95. The lowest BCUT2D eigenvalue weighted by Crippen LogP contribution is -2.27. The van der Waals surface area contributed by atoms with E-state index in [1.165, 1.54) is 5.56 Å². The van der Waals surface area contributed by atoms with E-state index in [1.54, 1.807) is 6.92 Å². The molecule has 0 aliphatic heterocycles. The number of amides is 1. The van der Waals surface area contributed by atoms with Gasteiger partial charge in [0.25, 0.3) is 5.91 Å². The zero-order valence-corrected chi connectivity index (χ0v) is 13.7. The van der Waals surface area contributed by atoms with E-state index in [0.717, 1.165) is 36.2 Å². The van der Waals surface area contributed by atoms with Crippen molar-refractivity contribution in [1.82, 2.24) is 15.1 Å². The lowest BCUT2D eigenvalue weighted by atomic mass is 10.2. The minimum atomic E-state index is -0.411. The average molecular weight is 313 g/mol. The van der Waals surface area contributed by atoms with Gasteiger partial charge in [-0.1, -0.05) is 17.7 Å². The molecular weight excluding hydrogens is 290 g/mol. The molecule has 0 saturated carbocycles. The second-order valence-electron chi connectivity index (χ2n) is 6.27. The molecule has 2 N–H and O–H groups in total. The SMILES string of the molecule is Cc1ccc(-n2nc(C(=O)NCCC(C)O)c3c2CCC3)cc1. The van der Waals surface area contributed by atoms with E-state index in [2.05, 4.69) is 29.5 Å². The molecule has 1 aliphatic rings. The van der Waals surface area contributed by atoms with Crippen LogP contribution in [0.25, 0.3) is 5.69 Å². The number of hydrogen-bond donors (Lipinski definition) is 2. The molecule has 122 valence electrons. The van der Waals surface area contributed by atoms with Crippen LogP contribution in [0.4, 0.5) is 0 Å². The number of hydrogen-bond acceptors (Lipinski definition) is 3. The first-order valence-corrected chi connectivity index (χ1v) is 8.20. The Morgan fingerprint density at radius 3 is 2.78 bits per heavy atom. The maximum absolute atomic E-state index is 12.4. The normalized spacial score (nSPS) is 14.6. The smallest absolute Gasteiger partial charge is 0.272 e. The largest absolute Gasteiger partial charge is 0.393 e. The monoisotopic (exact) mass is 313 g/mol. The van der Waals surface area contributed by atoms with Crippen LogP contribution in [0.2, 0.25) is 0 Å². The number of nitrogens with one attached hydrogen (secondary N) is 1. The Morgan fingerprint density at radius 2 is 2.09 bits per heavy atom. The third kappa shape index (κ3) is 3.29. The lowest BCUT2D eigenvalue weighted by Gasteiger charge is -2.06. The van der Waals surface area contributed by atoms with E-state index in [0.29, 0.717) is 18.7 Å². The van der Waals surface area contributed by atoms with Gasteiger partial charge in [-0.25, -0.2) is 4.68 Å². The van der Waals surface area contributed by atoms with Gasteiger partial charge in [-0.3, -0.25) is 4.79 Å². The Hall–Kier alpha value is -2.14. The summed E-state index contributed by atoms with van der Waals surface area (Å²) in [4.78, 5) is 12.4. The topological polar surface area (TPSA) is 67.2 Å². The minimum absolute atomic E-state index is 0.144. The molecule has 1 atom stereocenters. The molecule has 23 heavy (non-hydrogen) atoms. The van der Waals surface area contributed by atoms with E-state index in [1.807, 2.05) is 16.8 Å². The Balaban J connectivity index is 1.86. The summed E-state index contributed by atoms with van der Waals surface area (Å²) in [5, 5.41) is 16.7. The molecule has 0 saturated heterocycles. The van der Waals surface area contributed by atoms with Crippen LogP contribution in [0.3, 0.4) is 0 Å². The second kappa shape index (κ2) is 6.54. The zero-order chi connectivity index (χ0) is 16.4. The minimum Gasteiger partial charge on any atom is -0.393 e. The molecule has 5 heteroatoms. The summed E-state index contributed by atoms with van der Waals surface area (Å²) < 4.78 is 1.91. The lowest BCUT2D eigenvalue weighted by molar-refractivity contribution is 0.0939. The number of carbonyl (C=O) groups is 1. The quantitative estimate of drug-likeness (QED) is 0.889. The number of aromatic nitrogens is 2. The van der Waals surface area contributed by atoms with E-state index >= 15 is 0 Å². The number of aliphatic hydroxyl groups is 1. The molecule has 5 nitrogen and oxygen atoms in total. The molecule has 2 aromatic rings. The van der Waals surface area contributed by atoms with Gasteiger partial charge in [0, 0.05) is 17.8 Å². The third-order valence-electron chi connectivity index (χ3n) is 4.27. The summed E-state index contributed by atoms with van der Waals surface area (Å²) in [5.74, 6) is -0.144. The number of carbonyl (C=O) groups excluding carboxylic acids is 1. The number of fused-ring (bicyclic) bond motifs is 1. The number of aryl methyl sites for hydroxylation is 1. The summed E-state index contributed by atoms with van der Waals surface area (Å²) in [6.07, 6.45) is 3.06. The number of nitrogens with zero attached hydrogens (tertiary/aromatic N) is 2. The summed E-state index contributed by atoms with van der Waals surface area (Å²) in [7, 11) is 0. The highest BCUT2D eigenvalue weighted by Gasteiger charge is 2.26. The van der Waals surface area contributed by atoms with Crippen LogP contribution in [0.15, 0.2) is 24.3 Å². The van der Waals surface area contributed by atoms with Crippen molar-refractivity contribution in [3.8, 4) is 5.69 Å². The van der Waals surface area contributed by atoms with E-state index in [4.69, 9.17) is 0 Å². The molecular formula is C18H23N3O2. The average Bonchev–Trinajstić information content (AvgIpc) is 3.09. The van der Waals surface area contributed by atoms with Gasteiger partial charge >= 0.3 is 0 Å². The number of rotatable bonds is 5. The highest BCUT2D eigenvalue weighted by molar-refractivity contribution is 5.94. The Bertz CT molecular complexity index is 702. The van der Waals surface area contributed by atoms with Gasteiger partial charge in [-0.15, -0.1) is 0 Å². The van der Waals surface area contributed by atoms with Crippen molar-refractivity contribution >= 4 is 5.91 Å². The van der Waals surface area contributed by atoms with Crippen molar-refractivity contribution in [3.63, 3.8) is 0 Å². The standard InChI is InChI=1S/C18H23N3O2/c1-12-6-8-14(9-7-12)21-16-5-3-4-15(16)17(20-21)18(23)19-11-10-13(2)22/h6-9,13,22H,3-5,10-11H2,1-2H3,(H,19,23). The zero-order valence-electron chi connectivity index (χ0n) is 13.7. The van der Waals surface area contributed by atoms with Crippen LogP contribution >= 0.6 is 0 Å². The van der Waals surface area contributed by atoms with Crippen molar-refractivity contribution in [2.24, 2.45) is 0 Å². The molecule has 1 amide bonds. The maximum Gasteiger partial charge on any atom is 0.272 e. The highest BCUT2D eigenvalue weighted by Crippen LogP contribution is 2.27. The summed E-state index contributed by atoms with van der Waals surface area (Å²) in [6, 6.07) is 8.19. The molecule has 1 heterocycles. The Kier molecular flexibility index (Phi) is 4.48. The molecule has 0 fully saturated rings. The van der Waals surface area contributed by atoms with Gasteiger partial charge in [0.2, 0.25) is 0 Å². The molecule has 1 unspecified atom stereocenters. The fourth-order valence-electron chi connectivity index (χ4n) is 3.00. The van der Waals surface area contributed by atoms with Crippen LogP contribution in [-0.2, 0) is 12.8 Å². The van der Waals surface area contributed by atoms with Crippen LogP contribution in [0.5, 0.6) is 0 Å². The van der Waals surface area contributed by atoms with E-state index in [-0.39, 0.29) is 5.91 Å². The Morgan fingerprint density at radius 1 is 1.35 bits per heavy atom. The predicted octanol–water partition coefficient (Wildman–Crippen LogP) is 2.17. The van der Waals surface area contributed by atoms with Gasteiger partial charge < -0.3 is 10.4 Å². The maximum atomic E-state index is 12.4. The molecule has 1 aromatic heterocycles. The molecule has 0 bridgehead atoms. The van der Waals surface area contributed by atoms with E-state index in [9.17, 15) is 9.90 Å². The second-order valence-corrected chi connectivity index (χ2v) is 6.27. The van der Waals surface area contributed by atoms with Crippen LogP contribution < -0.4 is 5.32 Å². The molecule has 3 rings (SSSR count). The number of aliphatic hydroxyl groups excluding tert-OH is 1. The van der Waals surface area contributed by atoms with Gasteiger partial charge in [0.15, 0.2) is 5.69 Å². The third-order valence-corrected chi connectivity index (χ3v) is 4.27. The van der Waals surface area contributed by atoms with Gasteiger partial charge in [0.05, 0.1) is 11.8 Å². The first-order valence-electron chi connectivity index (χ1n) is 8.20. The Labute approximate surface area is 136 Å². The van der Waals surface area contributed by atoms with Crippen LogP contribution in [0, 0.1) is 6.92 Å². The first kappa shape index (κ1) is 15.7. The van der Waals surface area contributed by atoms with Crippen molar-refractivity contribution in [2.45, 2.75) is 45.6 Å². The highest BCUT2D eigenvalue weighted by atomic mass is 16.3. The first-order chi connectivity index (χ1) is 11.1. The molecule has 0 spiro atoms. The number of benzene rings is 1. The van der Waals surface area contributed by atoms with Crippen molar-refractivity contribution in [2.75, 3.05) is 6.54 Å². The fourth-order valence-corrected chi connectivity index (χ4v) is 3.00. The molecule has 1 aliphatic carbocycles.